The Bertz CT molecular complexity index is 986. The first-order valence-corrected chi connectivity index (χ1v) is 9.10. The number of nitrogens with zero attached hydrogens (tertiary/aromatic N) is 2. The summed E-state index contributed by atoms with van der Waals surface area (Å²) in [5, 5.41) is 13.3. The molecule has 8 nitrogen and oxygen atoms in total. The zero-order valence-corrected chi connectivity index (χ0v) is 15.9. The quantitative estimate of drug-likeness (QED) is 0.346. The molecule has 0 fully saturated rings. The molecule has 8 heteroatoms. The molecule has 0 atom stereocenters. The van der Waals surface area contributed by atoms with Crippen LogP contribution in [0.15, 0.2) is 84.9 Å². The average molecular weight is 405 g/mol. The number of anilines is 3. The molecule has 0 spiro atoms. The predicted octanol–water partition coefficient (Wildman–Crippen LogP) is 3.91. The van der Waals surface area contributed by atoms with Crippen molar-refractivity contribution in [3.8, 4) is 0 Å². The van der Waals surface area contributed by atoms with Crippen LogP contribution in [0.1, 0.15) is 0 Å². The monoisotopic (exact) mass is 405 g/mol. The van der Waals surface area contributed by atoms with Crippen LogP contribution in [0.5, 0.6) is 0 Å². The third-order valence-corrected chi connectivity index (χ3v) is 4.13. The molecule has 0 aromatic heterocycles. The number of benzene rings is 3. The fourth-order valence-corrected chi connectivity index (χ4v) is 2.76. The standard InChI is InChI=1S/C22H19N3O5/c26-21(23-17-8-7-13-20(14-17)25(28)29)16-30-22(27)15-24(18-9-3-1-4-10-18)19-11-5-2-6-12-19/h1-14H,15-16H2,(H,23,26). The number of hydrogen-bond acceptors (Lipinski definition) is 6. The Balaban J connectivity index is 1.60. The van der Waals surface area contributed by atoms with Crippen molar-refractivity contribution in [1.29, 1.82) is 0 Å². The van der Waals surface area contributed by atoms with E-state index in [0.717, 1.165) is 11.4 Å². The lowest BCUT2D eigenvalue weighted by Gasteiger charge is -2.24. The molecule has 1 N–H and O–H groups in total. The summed E-state index contributed by atoms with van der Waals surface area (Å²) in [6, 6.07) is 24.2. The summed E-state index contributed by atoms with van der Waals surface area (Å²) < 4.78 is 5.10. The minimum Gasteiger partial charge on any atom is -0.454 e. The molecule has 0 heterocycles. The molecule has 30 heavy (non-hydrogen) atoms. The second kappa shape index (κ2) is 9.83. The van der Waals surface area contributed by atoms with Gasteiger partial charge in [0.25, 0.3) is 11.6 Å². The lowest BCUT2D eigenvalue weighted by Crippen LogP contribution is -2.29. The second-order valence-electron chi connectivity index (χ2n) is 6.27. The zero-order chi connectivity index (χ0) is 21.3. The number of amides is 1. The van der Waals surface area contributed by atoms with Gasteiger partial charge in [-0.2, -0.15) is 0 Å². The third-order valence-electron chi connectivity index (χ3n) is 4.13. The van der Waals surface area contributed by atoms with E-state index >= 15 is 0 Å². The Hall–Kier alpha value is -4.20. The summed E-state index contributed by atoms with van der Waals surface area (Å²) in [7, 11) is 0. The van der Waals surface area contributed by atoms with Gasteiger partial charge in [-0.25, -0.2) is 0 Å². The van der Waals surface area contributed by atoms with E-state index in [1.54, 1.807) is 4.90 Å². The van der Waals surface area contributed by atoms with E-state index in [9.17, 15) is 19.7 Å². The number of carbonyl (C=O) groups excluding carboxylic acids is 2. The number of esters is 1. The molecule has 3 aromatic rings. The first-order chi connectivity index (χ1) is 14.5. The number of ether oxygens (including phenoxy) is 1. The van der Waals surface area contributed by atoms with E-state index in [0.29, 0.717) is 0 Å². The van der Waals surface area contributed by atoms with Crippen LogP contribution >= 0.6 is 0 Å². The van der Waals surface area contributed by atoms with Crippen LogP contribution in [0, 0.1) is 10.1 Å². The minimum atomic E-state index is -0.588. The lowest BCUT2D eigenvalue weighted by molar-refractivity contribution is -0.384. The number of nitrogens with one attached hydrogen (secondary N) is 1. The van der Waals surface area contributed by atoms with Gasteiger partial charge in [0.05, 0.1) is 4.92 Å². The normalized spacial score (nSPS) is 10.1. The fourth-order valence-electron chi connectivity index (χ4n) is 2.76. The van der Waals surface area contributed by atoms with Crippen LogP contribution in [0.4, 0.5) is 22.7 Å². The summed E-state index contributed by atoms with van der Waals surface area (Å²) in [6.07, 6.45) is 0. The van der Waals surface area contributed by atoms with Gasteiger partial charge in [-0.15, -0.1) is 0 Å². The molecule has 0 radical (unpaired) electrons. The van der Waals surface area contributed by atoms with Gasteiger partial charge in [0.2, 0.25) is 0 Å². The second-order valence-corrected chi connectivity index (χ2v) is 6.27. The molecule has 0 aliphatic heterocycles. The van der Waals surface area contributed by atoms with Crippen LogP contribution in [0.3, 0.4) is 0 Å². The number of nitro benzene ring substituents is 1. The molecule has 152 valence electrons. The van der Waals surface area contributed by atoms with Crippen molar-refractivity contribution < 1.29 is 19.2 Å². The van der Waals surface area contributed by atoms with Crippen molar-refractivity contribution in [3.05, 3.63) is 95.0 Å². The largest absolute Gasteiger partial charge is 0.454 e. The van der Waals surface area contributed by atoms with Gasteiger partial charge < -0.3 is 15.0 Å². The molecule has 3 rings (SSSR count). The topological polar surface area (TPSA) is 102 Å². The molecular weight excluding hydrogens is 386 g/mol. The van der Waals surface area contributed by atoms with Gasteiger partial charge in [-0.05, 0) is 30.3 Å². The first kappa shape index (κ1) is 20.5. The maximum absolute atomic E-state index is 12.4. The van der Waals surface area contributed by atoms with Crippen LogP contribution in [0.25, 0.3) is 0 Å². The Morgan fingerprint density at radius 3 is 2.07 bits per heavy atom. The summed E-state index contributed by atoms with van der Waals surface area (Å²) in [5.74, 6) is -1.17. The lowest BCUT2D eigenvalue weighted by atomic mass is 10.2. The first-order valence-electron chi connectivity index (χ1n) is 9.10. The van der Waals surface area contributed by atoms with E-state index in [1.165, 1.54) is 24.3 Å². The molecule has 0 aliphatic rings. The van der Waals surface area contributed by atoms with Gasteiger partial charge in [0.1, 0.15) is 6.54 Å². The highest BCUT2D eigenvalue weighted by Crippen LogP contribution is 2.24. The Morgan fingerprint density at radius 1 is 0.900 bits per heavy atom. The van der Waals surface area contributed by atoms with E-state index in [-0.39, 0.29) is 17.9 Å². The van der Waals surface area contributed by atoms with Crippen molar-refractivity contribution in [2.75, 3.05) is 23.4 Å². The van der Waals surface area contributed by atoms with E-state index in [2.05, 4.69) is 5.32 Å². The fraction of sp³-hybridized carbons (Fsp3) is 0.0909. The molecule has 3 aromatic carbocycles. The van der Waals surface area contributed by atoms with E-state index in [4.69, 9.17) is 4.74 Å². The number of hydrogen-bond donors (Lipinski definition) is 1. The van der Waals surface area contributed by atoms with E-state index in [1.807, 2.05) is 60.7 Å². The minimum absolute atomic E-state index is 0.0852. The van der Waals surface area contributed by atoms with Crippen molar-refractivity contribution in [2.24, 2.45) is 0 Å². The SMILES string of the molecule is O=C(COC(=O)CN(c1ccccc1)c1ccccc1)Nc1cccc([N+](=O)[O-])c1. The molecule has 0 saturated carbocycles. The molecule has 1 amide bonds. The highest BCUT2D eigenvalue weighted by Gasteiger charge is 2.16. The van der Waals surface area contributed by atoms with Crippen molar-refractivity contribution in [2.45, 2.75) is 0 Å². The number of non-ortho nitro benzene ring substituents is 1. The van der Waals surface area contributed by atoms with Crippen LogP contribution < -0.4 is 10.2 Å². The number of nitro groups is 1. The third kappa shape index (κ3) is 5.65. The molecule has 0 unspecified atom stereocenters. The number of carbonyl (C=O) groups is 2. The van der Waals surface area contributed by atoms with Crippen LogP contribution in [-0.4, -0.2) is 30.0 Å². The van der Waals surface area contributed by atoms with Gasteiger partial charge >= 0.3 is 5.97 Å². The molecule has 0 bridgehead atoms. The zero-order valence-electron chi connectivity index (χ0n) is 15.9. The van der Waals surface area contributed by atoms with Crippen molar-refractivity contribution >= 4 is 34.6 Å². The molecule has 0 aliphatic carbocycles. The van der Waals surface area contributed by atoms with E-state index < -0.39 is 23.4 Å². The molecular formula is C22H19N3O5. The maximum Gasteiger partial charge on any atom is 0.326 e. The highest BCUT2D eigenvalue weighted by atomic mass is 16.6. The predicted molar refractivity (Wildman–Crippen MR) is 113 cm³/mol. The average Bonchev–Trinajstić information content (AvgIpc) is 2.77. The summed E-state index contributed by atoms with van der Waals surface area (Å²) >= 11 is 0. The summed E-state index contributed by atoms with van der Waals surface area (Å²) in [6.45, 7) is -0.586. The summed E-state index contributed by atoms with van der Waals surface area (Å²) in [5.41, 5.74) is 1.72. The van der Waals surface area contributed by atoms with Crippen molar-refractivity contribution in [3.63, 3.8) is 0 Å². The smallest absolute Gasteiger partial charge is 0.326 e. The highest BCUT2D eigenvalue weighted by molar-refractivity contribution is 5.93. The van der Waals surface area contributed by atoms with Crippen LogP contribution in [0.2, 0.25) is 0 Å². The van der Waals surface area contributed by atoms with Crippen LogP contribution in [-0.2, 0) is 14.3 Å². The summed E-state index contributed by atoms with van der Waals surface area (Å²) in [4.78, 5) is 36.4. The number of para-hydroxylation sites is 2. The molecule has 0 saturated heterocycles. The Morgan fingerprint density at radius 2 is 1.50 bits per heavy atom. The van der Waals surface area contributed by atoms with Gasteiger partial charge in [-0.1, -0.05) is 42.5 Å². The Kier molecular flexibility index (Phi) is 6.73. The number of rotatable bonds is 8. The van der Waals surface area contributed by atoms with Gasteiger partial charge in [-0.3, -0.25) is 19.7 Å². The van der Waals surface area contributed by atoms with Gasteiger partial charge in [0, 0.05) is 29.2 Å². The Labute approximate surface area is 172 Å². The van der Waals surface area contributed by atoms with Crippen molar-refractivity contribution in [1.82, 2.24) is 0 Å². The maximum atomic E-state index is 12.4. The van der Waals surface area contributed by atoms with Gasteiger partial charge in [0.15, 0.2) is 6.61 Å².